The minimum absolute atomic E-state index is 0.604. The van der Waals surface area contributed by atoms with E-state index in [1.165, 1.54) is 45.3 Å². The molecule has 0 amide bonds. The maximum Gasteiger partial charge on any atom is 0.0773 e. The highest BCUT2D eigenvalue weighted by molar-refractivity contribution is 9.10. The highest BCUT2D eigenvalue weighted by Gasteiger charge is 2.30. The first-order valence-corrected chi connectivity index (χ1v) is 7.02. The molecule has 1 aliphatic heterocycles. The van der Waals surface area contributed by atoms with E-state index in [0.29, 0.717) is 6.04 Å². The van der Waals surface area contributed by atoms with E-state index in [9.17, 15) is 0 Å². The lowest BCUT2D eigenvalue weighted by molar-refractivity contribution is 0.0813. The lowest BCUT2D eigenvalue weighted by Crippen LogP contribution is -2.49. The van der Waals surface area contributed by atoms with Crippen LogP contribution in [0.3, 0.4) is 0 Å². The summed E-state index contributed by atoms with van der Waals surface area (Å²) in [5, 5.41) is 4.35. The molecule has 0 atom stereocenters. The van der Waals surface area contributed by atoms with Crippen molar-refractivity contribution in [3.05, 3.63) is 16.9 Å². The van der Waals surface area contributed by atoms with Crippen LogP contribution in [0.2, 0.25) is 0 Å². The summed E-state index contributed by atoms with van der Waals surface area (Å²) in [6, 6.07) is 0.604. The number of rotatable bonds is 3. The molecule has 4 heteroatoms. The van der Waals surface area contributed by atoms with Gasteiger partial charge in [-0.05, 0) is 34.7 Å². The van der Waals surface area contributed by atoms with E-state index in [1.807, 2.05) is 6.20 Å². The summed E-state index contributed by atoms with van der Waals surface area (Å²) >= 11 is 3.44. The molecule has 0 aromatic carbocycles. The van der Waals surface area contributed by atoms with E-state index < -0.39 is 0 Å². The van der Waals surface area contributed by atoms with Crippen molar-refractivity contribution in [3.63, 3.8) is 0 Å². The SMILES string of the molecule is Brc1cnn(C2CN(CC3CCCC3)C2)c1. The predicted molar refractivity (Wildman–Crippen MR) is 67.4 cm³/mol. The molecule has 1 saturated carbocycles. The lowest BCUT2D eigenvalue weighted by Gasteiger charge is -2.40. The second-order valence-corrected chi connectivity index (χ2v) is 6.08. The van der Waals surface area contributed by atoms with Crippen LogP contribution in [-0.4, -0.2) is 34.3 Å². The molecule has 0 bridgehead atoms. The van der Waals surface area contributed by atoms with Crippen LogP contribution in [-0.2, 0) is 0 Å². The van der Waals surface area contributed by atoms with Crippen LogP contribution >= 0.6 is 15.9 Å². The molecule has 1 aliphatic carbocycles. The van der Waals surface area contributed by atoms with Crippen LogP contribution in [0.1, 0.15) is 31.7 Å². The topological polar surface area (TPSA) is 21.1 Å². The highest BCUT2D eigenvalue weighted by Crippen LogP contribution is 2.29. The number of hydrogen-bond acceptors (Lipinski definition) is 2. The number of nitrogens with zero attached hydrogens (tertiary/aromatic N) is 3. The van der Waals surface area contributed by atoms with Gasteiger partial charge in [0.15, 0.2) is 0 Å². The van der Waals surface area contributed by atoms with Crippen molar-refractivity contribution in [2.45, 2.75) is 31.7 Å². The molecule has 1 aromatic rings. The fraction of sp³-hybridized carbons (Fsp3) is 0.750. The van der Waals surface area contributed by atoms with Crippen molar-refractivity contribution in [1.29, 1.82) is 0 Å². The molecular weight excluding hydrogens is 266 g/mol. The van der Waals surface area contributed by atoms with Gasteiger partial charge in [0.05, 0.1) is 16.7 Å². The highest BCUT2D eigenvalue weighted by atomic mass is 79.9. The first-order chi connectivity index (χ1) is 7.81. The van der Waals surface area contributed by atoms with Crippen LogP contribution in [0, 0.1) is 5.92 Å². The zero-order valence-corrected chi connectivity index (χ0v) is 11.1. The minimum atomic E-state index is 0.604. The van der Waals surface area contributed by atoms with Crippen molar-refractivity contribution in [2.75, 3.05) is 19.6 Å². The molecule has 2 aliphatic rings. The van der Waals surface area contributed by atoms with E-state index in [4.69, 9.17) is 0 Å². The third kappa shape index (κ3) is 2.18. The van der Waals surface area contributed by atoms with Crippen molar-refractivity contribution >= 4 is 15.9 Å². The quantitative estimate of drug-likeness (QED) is 0.851. The molecular formula is C12H18BrN3. The van der Waals surface area contributed by atoms with Crippen LogP contribution in [0.4, 0.5) is 0 Å². The first kappa shape index (κ1) is 10.8. The van der Waals surface area contributed by atoms with Gasteiger partial charge in [-0.3, -0.25) is 9.58 Å². The summed E-state index contributed by atoms with van der Waals surface area (Å²) in [6.07, 6.45) is 9.77. The van der Waals surface area contributed by atoms with Gasteiger partial charge in [-0.2, -0.15) is 5.10 Å². The standard InChI is InChI=1S/C12H18BrN3/c13-11-5-14-16(7-11)12-8-15(9-12)6-10-3-1-2-4-10/h5,7,10,12H,1-4,6,8-9H2. The molecule has 0 N–H and O–H groups in total. The molecule has 88 valence electrons. The predicted octanol–water partition coefficient (Wildman–Crippen LogP) is 2.69. The Kier molecular flexibility index (Phi) is 3.03. The fourth-order valence-corrected chi connectivity index (χ4v) is 3.23. The third-order valence-corrected chi connectivity index (χ3v) is 4.28. The summed E-state index contributed by atoms with van der Waals surface area (Å²) in [7, 11) is 0. The third-order valence-electron chi connectivity index (χ3n) is 3.87. The Morgan fingerprint density at radius 3 is 2.69 bits per heavy atom. The van der Waals surface area contributed by atoms with Gasteiger partial charge >= 0.3 is 0 Å². The Morgan fingerprint density at radius 2 is 2.06 bits per heavy atom. The Hall–Kier alpha value is -0.350. The number of likely N-dealkylation sites (tertiary alicyclic amines) is 1. The second kappa shape index (κ2) is 4.49. The normalized spacial score (nSPS) is 23.8. The van der Waals surface area contributed by atoms with Crippen molar-refractivity contribution in [2.24, 2.45) is 5.92 Å². The zero-order chi connectivity index (χ0) is 11.0. The van der Waals surface area contributed by atoms with Gasteiger partial charge in [-0.1, -0.05) is 12.8 Å². The zero-order valence-electron chi connectivity index (χ0n) is 9.48. The maximum absolute atomic E-state index is 4.35. The summed E-state index contributed by atoms with van der Waals surface area (Å²) in [6.45, 7) is 3.69. The average molecular weight is 284 g/mol. The number of hydrogen-bond donors (Lipinski definition) is 0. The van der Waals surface area contributed by atoms with E-state index in [2.05, 4.69) is 36.8 Å². The van der Waals surface area contributed by atoms with Gasteiger partial charge in [-0.25, -0.2) is 0 Å². The Bertz CT molecular complexity index is 351. The van der Waals surface area contributed by atoms with Gasteiger partial charge in [0.25, 0.3) is 0 Å². The van der Waals surface area contributed by atoms with Gasteiger partial charge in [-0.15, -0.1) is 0 Å². The smallest absolute Gasteiger partial charge is 0.0773 e. The van der Waals surface area contributed by atoms with Gasteiger partial charge in [0, 0.05) is 25.8 Å². The molecule has 1 aromatic heterocycles. The summed E-state index contributed by atoms with van der Waals surface area (Å²) < 4.78 is 3.18. The van der Waals surface area contributed by atoms with E-state index in [1.54, 1.807) is 0 Å². The number of halogens is 1. The monoisotopic (exact) mass is 283 g/mol. The molecule has 2 heterocycles. The van der Waals surface area contributed by atoms with Gasteiger partial charge in [0.2, 0.25) is 0 Å². The second-order valence-electron chi connectivity index (χ2n) is 5.16. The largest absolute Gasteiger partial charge is 0.299 e. The Labute approximate surface area is 105 Å². The summed E-state index contributed by atoms with van der Waals surface area (Å²) in [5.74, 6) is 0.977. The van der Waals surface area contributed by atoms with Gasteiger partial charge in [0.1, 0.15) is 0 Å². The summed E-state index contributed by atoms with van der Waals surface area (Å²) in [4.78, 5) is 2.58. The van der Waals surface area contributed by atoms with Gasteiger partial charge < -0.3 is 0 Å². The maximum atomic E-state index is 4.35. The molecule has 3 nitrogen and oxygen atoms in total. The van der Waals surface area contributed by atoms with Crippen molar-refractivity contribution in [1.82, 2.24) is 14.7 Å². The molecule has 2 fully saturated rings. The van der Waals surface area contributed by atoms with Crippen molar-refractivity contribution < 1.29 is 0 Å². The van der Waals surface area contributed by atoms with E-state index in [-0.39, 0.29) is 0 Å². The van der Waals surface area contributed by atoms with Crippen LogP contribution in [0.5, 0.6) is 0 Å². The number of aromatic nitrogens is 2. The molecule has 1 saturated heterocycles. The van der Waals surface area contributed by atoms with E-state index >= 15 is 0 Å². The van der Waals surface area contributed by atoms with Crippen LogP contribution < -0.4 is 0 Å². The Balaban J connectivity index is 1.47. The minimum Gasteiger partial charge on any atom is -0.299 e. The Morgan fingerprint density at radius 1 is 1.31 bits per heavy atom. The average Bonchev–Trinajstić information content (AvgIpc) is 2.82. The van der Waals surface area contributed by atoms with Crippen LogP contribution in [0.15, 0.2) is 16.9 Å². The molecule has 16 heavy (non-hydrogen) atoms. The first-order valence-electron chi connectivity index (χ1n) is 6.23. The van der Waals surface area contributed by atoms with Crippen LogP contribution in [0.25, 0.3) is 0 Å². The van der Waals surface area contributed by atoms with Crippen molar-refractivity contribution in [3.8, 4) is 0 Å². The molecule has 0 radical (unpaired) electrons. The lowest BCUT2D eigenvalue weighted by atomic mass is 10.0. The molecule has 0 unspecified atom stereocenters. The summed E-state index contributed by atoms with van der Waals surface area (Å²) in [5.41, 5.74) is 0. The fourth-order valence-electron chi connectivity index (χ4n) is 2.93. The van der Waals surface area contributed by atoms with E-state index in [0.717, 1.165) is 10.4 Å². The molecule has 0 spiro atoms. The molecule has 3 rings (SSSR count).